The molecule has 2 rings (SSSR count). The molecule has 28 heavy (non-hydrogen) atoms. The topological polar surface area (TPSA) is 66.5 Å². The highest BCUT2D eigenvalue weighted by molar-refractivity contribution is 5.36. The summed E-state index contributed by atoms with van der Waals surface area (Å²) in [5.74, 6) is 0.321. The maximum absolute atomic E-state index is 10.4. The maximum Gasteiger partial charge on any atom is 0.118 e. The van der Waals surface area contributed by atoms with Gasteiger partial charge < -0.3 is 15.9 Å². The van der Waals surface area contributed by atoms with Gasteiger partial charge in [-0.2, -0.15) is 0 Å². The Labute approximate surface area is 170 Å². The van der Waals surface area contributed by atoms with Crippen molar-refractivity contribution < 1.29 is 10.2 Å². The molecule has 0 spiro atoms. The minimum absolute atomic E-state index is 0.321. The fraction of sp³-hybridized carbons (Fsp3) is 0.520. The van der Waals surface area contributed by atoms with Crippen LogP contribution in [0.3, 0.4) is 0 Å². The summed E-state index contributed by atoms with van der Waals surface area (Å²) in [5, 5.41) is 20.1. The molecule has 0 fully saturated rings. The monoisotopic (exact) mass is 383 g/mol. The zero-order chi connectivity index (χ0) is 20.2. The van der Waals surface area contributed by atoms with Crippen molar-refractivity contribution in [2.24, 2.45) is 5.73 Å². The van der Waals surface area contributed by atoms with E-state index in [1.165, 1.54) is 30.4 Å². The Kier molecular flexibility index (Phi) is 10.1. The molecule has 0 bridgehead atoms. The molecule has 0 saturated heterocycles. The van der Waals surface area contributed by atoms with Gasteiger partial charge in [-0.3, -0.25) is 0 Å². The summed E-state index contributed by atoms with van der Waals surface area (Å²) in [6.45, 7) is 2.80. The minimum Gasteiger partial charge on any atom is -0.508 e. The molecular weight excluding hydrogens is 346 g/mol. The number of hydrogen-bond donors (Lipinski definition) is 3. The van der Waals surface area contributed by atoms with Crippen molar-refractivity contribution in [2.75, 3.05) is 6.54 Å². The molecule has 0 saturated carbocycles. The highest BCUT2D eigenvalue weighted by atomic mass is 16.3. The van der Waals surface area contributed by atoms with Crippen LogP contribution in [0.2, 0.25) is 0 Å². The summed E-state index contributed by atoms with van der Waals surface area (Å²) in [6.07, 6.45) is 10.2. The molecule has 3 nitrogen and oxygen atoms in total. The fourth-order valence-corrected chi connectivity index (χ4v) is 3.63. The molecule has 1 atom stereocenters. The molecule has 0 amide bonds. The number of hydrogen-bond acceptors (Lipinski definition) is 3. The van der Waals surface area contributed by atoms with Gasteiger partial charge in [0.1, 0.15) is 5.75 Å². The lowest BCUT2D eigenvalue weighted by atomic mass is 9.98. The van der Waals surface area contributed by atoms with Crippen LogP contribution >= 0.6 is 0 Å². The quantitative estimate of drug-likeness (QED) is 0.402. The van der Waals surface area contributed by atoms with Gasteiger partial charge in [0, 0.05) is 0 Å². The van der Waals surface area contributed by atoms with E-state index in [9.17, 15) is 10.2 Å². The third-order valence-electron chi connectivity index (χ3n) is 5.50. The molecule has 154 valence electrons. The van der Waals surface area contributed by atoms with Crippen LogP contribution < -0.4 is 5.73 Å². The average Bonchev–Trinajstić information content (AvgIpc) is 2.72. The van der Waals surface area contributed by atoms with E-state index in [2.05, 4.69) is 24.3 Å². The molecule has 0 aromatic heterocycles. The lowest BCUT2D eigenvalue weighted by molar-refractivity contribution is 0.163. The second-order valence-electron chi connectivity index (χ2n) is 7.77. The van der Waals surface area contributed by atoms with E-state index in [0.717, 1.165) is 62.6 Å². The average molecular weight is 384 g/mol. The van der Waals surface area contributed by atoms with Crippen molar-refractivity contribution >= 4 is 0 Å². The summed E-state index contributed by atoms with van der Waals surface area (Å²) in [4.78, 5) is 0. The van der Waals surface area contributed by atoms with Crippen molar-refractivity contribution in [3.8, 4) is 5.75 Å². The number of rotatable bonds is 13. The first-order valence-corrected chi connectivity index (χ1v) is 10.9. The molecule has 0 heterocycles. The lowest BCUT2D eigenvalue weighted by Crippen LogP contribution is -1.99. The summed E-state index contributed by atoms with van der Waals surface area (Å²) in [6, 6.07) is 14.5. The molecule has 0 aliphatic rings. The van der Waals surface area contributed by atoms with Crippen LogP contribution in [0.1, 0.15) is 80.2 Å². The van der Waals surface area contributed by atoms with Gasteiger partial charge in [-0.05, 0) is 85.9 Å². The third-order valence-corrected chi connectivity index (χ3v) is 5.50. The van der Waals surface area contributed by atoms with Crippen molar-refractivity contribution in [2.45, 2.75) is 77.2 Å². The zero-order valence-corrected chi connectivity index (χ0v) is 17.4. The Hall–Kier alpha value is -1.84. The SMILES string of the molecule is CCc1cc([C@@H](O)CCCCCCc2ccc(CCCCN)cc2)ccc1O. The van der Waals surface area contributed by atoms with Gasteiger partial charge in [0.2, 0.25) is 0 Å². The summed E-state index contributed by atoms with van der Waals surface area (Å²) >= 11 is 0. The van der Waals surface area contributed by atoms with E-state index in [1.807, 2.05) is 19.1 Å². The Morgan fingerprint density at radius 2 is 1.43 bits per heavy atom. The summed E-state index contributed by atoms with van der Waals surface area (Å²) in [5.41, 5.74) is 10.2. The number of nitrogens with two attached hydrogens (primary N) is 1. The second-order valence-corrected chi connectivity index (χ2v) is 7.77. The number of aryl methyl sites for hydroxylation is 3. The number of unbranched alkanes of at least 4 members (excludes halogenated alkanes) is 4. The van der Waals surface area contributed by atoms with Gasteiger partial charge in [0.05, 0.1) is 6.10 Å². The normalized spacial score (nSPS) is 12.2. The molecule has 0 unspecified atom stereocenters. The van der Waals surface area contributed by atoms with Gasteiger partial charge in [-0.1, -0.05) is 56.5 Å². The molecule has 3 heteroatoms. The van der Waals surface area contributed by atoms with Crippen LogP contribution in [0.5, 0.6) is 5.75 Å². The van der Waals surface area contributed by atoms with Crippen molar-refractivity contribution in [1.82, 2.24) is 0 Å². The first kappa shape index (κ1) is 22.4. The Morgan fingerprint density at radius 1 is 0.821 bits per heavy atom. The molecule has 2 aromatic rings. The molecule has 0 aliphatic carbocycles. The fourth-order valence-electron chi connectivity index (χ4n) is 3.63. The molecule has 0 aliphatic heterocycles. The van der Waals surface area contributed by atoms with E-state index >= 15 is 0 Å². The predicted octanol–water partition coefficient (Wildman–Crippen LogP) is 5.46. The largest absolute Gasteiger partial charge is 0.508 e. The highest BCUT2D eigenvalue weighted by Crippen LogP contribution is 2.26. The van der Waals surface area contributed by atoms with Gasteiger partial charge in [0.15, 0.2) is 0 Å². The molecule has 2 aromatic carbocycles. The van der Waals surface area contributed by atoms with E-state index in [0.29, 0.717) is 5.75 Å². The maximum atomic E-state index is 10.4. The Bertz CT molecular complexity index is 681. The summed E-state index contributed by atoms with van der Waals surface area (Å²) < 4.78 is 0. The van der Waals surface area contributed by atoms with Crippen molar-refractivity contribution in [3.63, 3.8) is 0 Å². The number of phenolic OH excluding ortho intramolecular Hbond substituents is 1. The van der Waals surface area contributed by atoms with E-state index < -0.39 is 6.10 Å². The van der Waals surface area contributed by atoms with Gasteiger partial charge in [-0.15, -0.1) is 0 Å². The first-order valence-electron chi connectivity index (χ1n) is 10.9. The number of aromatic hydroxyl groups is 1. The molecule has 0 radical (unpaired) electrons. The van der Waals surface area contributed by atoms with E-state index in [1.54, 1.807) is 6.07 Å². The standard InChI is InChI=1S/C25H37NO2/c1-2-22-19-23(16-17-25(22)28)24(27)11-6-4-3-5-9-20-12-14-21(15-13-20)10-7-8-18-26/h12-17,19,24,27-28H,2-11,18,26H2,1H3/t24-/m0/s1. The smallest absolute Gasteiger partial charge is 0.118 e. The number of phenols is 1. The van der Waals surface area contributed by atoms with Crippen LogP contribution in [-0.4, -0.2) is 16.8 Å². The minimum atomic E-state index is -0.433. The lowest BCUT2D eigenvalue weighted by Gasteiger charge is -2.13. The third kappa shape index (κ3) is 7.65. The van der Waals surface area contributed by atoms with Crippen molar-refractivity contribution in [1.29, 1.82) is 0 Å². The molecule has 4 N–H and O–H groups in total. The predicted molar refractivity (Wildman–Crippen MR) is 118 cm³/mol. The molecular formula is C25H37NO2. The van der Waals surface area contributed by atoms with Gasteiger partial charge in [-0.25, -0.2) is 0 Å². The number of aliphatic hydroxyl groups excluding tert-OH is 1. The second kappa shape index (κ2) is 12.6. The summed E-state index contributed by atoms with van der Waals surface area (Å²) in [7, 11) is 0. The number of aliphatic hydroxyl groups is 1. The van der Waals surface area contributed by atoms with Crippen molar-refractivity contribution in [3.05, 3.63) is 64.7 Å². The Morgan fingerprint density at radius 3 is 2.04 bits per heavy atom. The Balaban J connectivity index is 1.61. The zero-order valence-electron chi connectivity index (χ0n) is 17.4. The van der Waals surface area contributed by atoms with Gasteiger partial charge >= 0.3 is 0 Å². The van der Waals surface area contributed by atoms with Crippen LogP contribution in [0.15, 0.2) is 42.5 Å². The highest BCUT2D eigenvalue weighted by Gasteiger charge is 2.09. The first-order chi connectivity index (χ1) is 13.6. The van der Waals surface area contributed by atoms with Gasteiger partial charge in [0.25, 0.3) is 0 Å². The number of benzene rings is 2. The van der Waals surface area contributed by atoms with Crippen LogP contribution in [0.25, 0.3) is 0 Å². The van der Waals surface area contributed by atoms with Crippen LogP contribution in [-0.2, 0) is 19.3 Å². The van der Waals surface area contributed by atoms with Crippen LogP contribution in [0, 0.1) is 0 Å². The van der Waals surface area contributed by atoms with E-state index in [-0.39, 0.29) is 0 Å². The van der Waals surface area contributed by atoms with Crippen LogP contribution in [0.4, 0.5) is 0 Å². The van der Waals surface area contributed by atoms with E-state index in [4.69, 9.17) is 5.73 Å².